The molecule has 0 saturated carbocycles. The fourth-order valence-electron chi connectivity index (χ4n) is 1.56. The van der Waals surface area contributed by atoms with E-state index < -0.39 is 5.97 Å². The zero-order chi connectivity index (χ0) is 12.0. The summed E-state index contributed by atoms with van der Waals surface area (Å²) in [6, 6.07) is -0.461. The maximum atomic E-state index is 11.8. The maximum absolute atomic E-state index is 11.8. The number of hydrogen-bond donors (Lipinski definition) is 2. The normalized spacial score (nSPS) is 18.7. The van der Waals surface area contributed by atoms with Crippen molar-refractivity contribution in [1.29, 1.82) is 0 Å². The molecular formula is C10H18N2O3S. The summed E-state index contributed by atoms with van der Waals surface area (Å²) in [7, 11) is 0. The van der Waals surface area contributed by atoms with E-state index in [1.165, 1.54) is 0 Å². The monoisotopic (exact) mass is 246 g/mol. The third-order valence-corrected chi connectivity index (χ3v) is 3.41. The summed E-state index contributed by atoms with van der Waals surface area (Å²) in [4.78, 5) is 24.0. The Balaban J connectivity index is 2.34. The summed E-state index contributed by atoms with van der Waals surface area (Å²) < 4.78 is 0. The lowest BCUT2D eigenvalue weighted by Gasteiger charge is -2.22. The van der Waals surface area contributed by atoms with Crippen LogP contribution in [-0.4, -0.2) is 52.6 Å². The summed E-state index contributed by atoms with van der Waals surface area (Å²) in [5, 5.41) is 11.3. The minimum absolute atomic E-state index is 0.0334. The van der Waals surface area contributed by atoms with Gasteiger partial charge >= 0.3 is 12.0 Å². The molecule has 0 aromatic rings. The van der Waals surface area contributed by atoms with E-state index in [0.717, 1.165) is 31.0 Å². The summed E-state index contributed by atoms with van der Waals surface area (Å²) in [6.45, 7) is 3.22. The predicted octanol–water partition coefficient (Wildman–Crippen LogP) is 0.998. The second kappa shape index (κ2) is 6.62. The highest BCUT2D eigenvalue weighted by Crippen LogP contribution is 2.10. The van der Waals surface area contributed by atoms with Gasteiger partial charge in [-0.1, -0.05) is 0 Å². The van der Waals surface area contributed by atoms with Crippen molar-refractivity contribution < 1.29 is 14.7 Å². The molecule has 1 heterocycles. The van der Waals surface area contributed by atoms with Gasteiger partial charge in [0, 0.05) is 24.9 Å². The standard InChI is InChI=1S/C10H18N2O3S/c1-8(7-9(13)14)11-10(15)12-3-2-5-16-6-4-12/h8H,2-7H2,1H3,(H,11,15)(H,13,14). The molecule has 5 nitrogen and oxygen atoms in total. The number of nitrogens with zero attached hydrogens (tertiary/aromatic N) is 1. The number of carbonyl (C=O) groups is 2. The van der Waals surface area contributed by atoms with Crippen molar-refractivity contribution >= 4 is 23.8 Å². The second-order valence-electron chi connectivity index (χ2n) is 3.90. The minimum Gasteiger partial charge on any atom is -0.481 e. The van der Waals surface area contributed by atoms with Crippen LogP contribution in [0, 0.1) is 0 Å². The first-order valence-electron chi connectivity index (χ1n) is 5.44. The van der Waals surface area contributed by atoms with Gasteiger partial charge < -0.3 is 15.3 Å². The Morgan fingerprint density at radius 1 is 1.44 bits per heavy atom. The molecule has 16 heavy (non-hydrogen) atoms. The van der Waals surface area contributed by atoms with E-state index in [2.05, 4.69) is 5.32 Å². The molecule has 2 amide bonds. The van der Waals surface area contributed by atoms with Crippen molar-refractivity contribution in [2.45, 2.75) is 25.8 Å². The van der Waals surface area contributed by atoms with E-state index >= 15 is 0 Å². The number of amides is 2. The SMILES string of the molecule is CC(CC(=O)O)NC(=O)N1CCCSCC1. The first-order chi connectivity index (χ1) is 7.59. The molecule has 0 bridgehead atoms. The molecular weight excluding hydrogens is 228 g/mol. The average molecular weight is 246 g/mol. The number of urea groups is 1. The van der Waals surface area contributed by atoms with Crippen LogP contribution in [0.3, 0.4) is 0 Å². The third kappa shape index (κ3) is 4.74. The van der Waals surface area contributed by atoms with Gasteiger partial charge in [0.1, 0.15) is 0 Å². The quantitative estimate of drug-likeness (QED) is 0.779. The molecule has 2 N–H and O–H groups in total. The zero-order valence-corrected chi connectivity index (χ0v) is 10.3. The summed E-state index contributed by atoms with van der Waals surface area (Å²) in [5.41, 5.74) is 0. The molecule has 92 valence electrons. The van der Waals surface area contributed by atoms with Crippen molar-refractivity contribution in [3.05, 3.63) is 0 Å². The summed E-state index contributed by atoms with van der Waals surface area (Å²) in [6.07, 6.45) is 0.972. The largest absolute Gasteiger partial charge is 0.481 e. The van der Waals surface area contributed by atoms with Crippen LogP contribution < -0.4 is 5.32 Å². The highest BCUT2D eigenvalue weighted by molar-refractivity contribution is 7.99. The third-order valence-electron chi connectivity index (χ3n) is 2.36. The smallest absolute Gasteiger partial charge is 0.317 e. The number of hydrogen-bond acceptors (Lipinski definition) is 3. The number of nitrogens with one attached hydrogen (secondary N) is 1. The van der Waals surface area contributed by atoms with Crippen LogP contribution in [0.15, 0.2) is 0 Å². The molecule has 0 spiro atoms. The lowest BCUT2D eigenvalue weighted by Crippen LogP contribution is -2.45. The summed E-state index contributed by atoms with van der Waals surface area (Å²) in [5.74, 6) is 1.16. The van der Waals surface area contributed by atoms with Gasteiger partial charge in [0.25, 0.3) is 0 Å². The molecule has 6 heteroatoms. The van der Waals surface area contributed by atoms with Gasteiger partial charge in [-0.2, -0.15) is 11.8 Å². The molecule has 1 aliphatic rings. The van der Waals surface area contributed by atoms with Crippen molar-refractivity contribution in [3.8, 4) is 0 Å². The first kappa shape index (κ1) is 13.2. The fourth-order valence-corrected chi connectivity index (χ4v) is 2.45. The van der Waals surface area contributed by atoms with E-state index in [0.29, 0.717) is 0 Å². The molecule has 1 aliphatic heterocycles. The van der Waals surface area contributed by atoms with Crippen LogP contribution in [0.1, 0.15) is 19.8 Å². The Labute approximate surface area is 99.6 Å². The Morgan fingerprint density at radius 2 is 2.19 bits per heavy atom. The average Bonchev–Trinajstić information content (AvgIpc) is 2.43. The first-order valence-corrected chi connectivity index (χ1v) is 6.60. The predicted molar refractivity (Wildman–Crippen MR) is 63.8 cm³/mol. The molecule has 0 aliphatic carbocycles. The zero-order valence-electron chi connectivity index (χ0n) is 9.44. The van der Waals surface area contributed by atoms with E-state index in [1.54, 1.807) is 11.8 Å². The molecule has 1 fully saturated rings. The van der Waals surface area contributed by atoms with Crippen molar-refractivity contribution in [1.82, 2.24) is 10.2 Å². The molecule has 1 rings (SSSR count). The van der Waals surface area contributed by atoms with Crippen LogP contribution in [0.25, 0.3) is 0 Å². The number of aliphatic carboxylic acids is 1. The van der Waals surface area contributed by atoms with E-state index in [9.17, 15) is 9.59 Å². The highest BCUT2D eigenvalue weighted by atomic mass is 32.2. The molecule has 0 aromatic heterocycles. The lowest BCUT2D eigenvalue weighted by atomic mass is 10.2. The lowest BCUT2D eigenvalue weighted by molar-refractivity contribution is -0.137. The van der Waals surface area contributed by atoms with Crippen molar-refractivity contribution in [2.24, 2.45) is 0 Å². The van der Waals surface area contributed by atoms with Gasteiger partial charge in [0.15, 0.2) is 0 Å². The fraction of sp³-hybridized carbons (Fsp3) is 0.800. The minimum atomic E-state index is -0.890. The van der Waals surface area contributed by atoms with Crippen LogP contribution in [-0.2, 0) is 4.79 Å². The number of thioether (sulfide) groups is 1. The van der Waals surface area contributed by atoms with E-state index in [4.69, 9.17) is 5.11 Å². The Morgan fingerprint density at radius 3 is 2.88 bits per heavy atom. The molecule has 0 aromatic carbocycles. The number of rotatable bonds is 3. The maximum Gasteiger partial charge on any atom is 0.317 e. The number of carboxylic acids is 1. The van der Waals surface area contributed by atoms with Crippen molar-refractivity contribution in [3.63, 3.8) is 0 Å². The van der Waals surface area contributed by atoms with E-state index in [-0.39, 0.29) is 18.5 Å². The number of carbonyl (C=O) groups excluding carboxylic acids is 1. The molecule has 0 radical (unpaired) electrons. The van der Waals surface area contributed by atoms with Crippen molar-refractivity contribution in [2.75, 3.05) is 24.6 Å². The van der Waals surface area contributed by atoms with Crippen LogP contribution in [0.2, 0.25) is 0 Å². The Kier molecular flexibility index (Phi) is 5.45. The highest BCUT2D eigenvalue weighted by Gasteiger charge is 2.18. The van der Waals surface area contributed by atoms with Gasteiger partial charge in [-0.25, -0.2) is 4.79 Å². The van der Waals surface area contributed by atoms with E-state index in [1.807, 2.05) is 11.8 Å². The van der Waals surface area contributed by atoms with Crippen LogP contribution in [0.5, 0.6) is 0 Å². The van der Waals surface area contributed by atoms with Gasteiger partial charge in [0.2, 0.25) is 0 Å². The van der Waals surface area contributed by atoms with Gasteiger partial charge in [-0.05, 0) is 19.1 Å². The second-order valence-corrected chi connectivity index (χ2v) is 5.13. The molecule has 1 unspecified atom stereocenters. The van der Waals surface area contributed by atoms with Crippen LogP contribution in [0.4, 0.5) is 4.79 Å². The Bertz CT molecular complexity index is 252. The molecule has 1 atom stereocenters. The van der Waals surface area contributed by atoms with Gasteiger partial charge in [-0.15, -0.1) is 0 Å². The Hall–Kier alpha value is -0.910. The number of carboxylic acid groups (broad SMARTS) is 1. The summed E-state index contributed by atoms with van der Waals surface area (Å²) >= 11 is 1.85. The van der Waals surface area contributed by atoms with Crippen LogP contribution >= 0.6 is 11.8 Å². The molecule has 1 saturated heterocycles. The topological polar surface area (TPSA) is 69.6 Å². The van der Waals surface area contributed by atoms with Gasteiger partial charge in [0.05, 0.1) is 6.42 Å². The van der Waals surface area contributed by atoms with Gasteiger partial charge in [-0.3, -0.25) is 4.79 Å².